The van der Waals surface area contributed by atoms with Crippen molar-refractivity contribution in [1.82, 2.24) is 0 Å². The number of nitrogens with zero attached hydrogens (tertiary/aromatic N) is 1. The molecule has 2 rings (SSSR count). The SMILES string of the molecule is Cc1cc(NC2CCCCC2)c([N+](=O)[O-])cc1C. The lowest BCUT2D eigenvalue weighted by atomic mass is 9.95. The van der Waals surface area contributed by atoms with Gasteiger partial charge in [-0.25, -0.2) is 0 Å². The van der Waals surface area contributed by atoms with Gasteiger partial charge in [-0.1, -0.05) is 19.3 Å². The average Bonchev–Trinajstić information content (AvgIpc) is 2.34. The van der Waals surface area contributed by atoms with Crippen LogP contribution >= 0.6 is 0 Å². The van der Waals surface area contributed by atoms with Gasteiger partial charge in [0, 0.05) is 12.1 Å². The number of hydrogen-bond donors (Lipinski definition) is 1. The Morgan fingerprint density at radius 2 is 1.78 bits per heavy atom. The van der Waals surface area contributed by atoms with E-state index < -0.39 is 0 Å². The van der Waals surface area contributed by atoms with Crippen molar-refractivity contribution in [2.75, 3.05) is 5.32 Å². The second kappa shape index (κ2) is 5.38. The normalized spacial score (nSPS) is 16.6. The maximum atomic E-state index is 11.1. The Balaban J connectivity index is 2.24. The monoisotopic (exact) mass is 248 g/mol. The molecule has 0 aliphatic heterocycles. The molecule has 1 fully saturated rings. The first-order valence-electron chi connectivity index (χ1n) is 6.60. The lowest BCUT2D eigenvalue weighted by Gasteiger charge is -2.24. The van der Waals surface area contributed by atoms with Crippen molar-refractivity contribution in [2.24, 2.45) is 0 Å². The Morgan fingerprint density at radius 1 is 1.17 bits per heavy atom. The molecule has 0 aromatic heterocycles. The van der Waals surface area contributed by atoms with E-state index in [0.717, 1.165) is 24.0 Å². The largest absolute Gasteiger partial charge is 0.377 e. The highest BCUT2D eigenvalue weighted by Crippen LogP contribution is 2.30. The molecular weight excluding hydrogens is 228 g/mol. The predicted octanol–water partition coefficient (Wildman–Crippen LogP) is 3.96. The number of nitro groups is 1. The summed E-state index contributed by atoms with van der Waals surface area (Å²) in [6.07, 6.45) is 5.95. The van der Waals surface area contributed by atoms with E-state index in [0.29, 0.717) is 11.7 Å². The van der Waals surface area contributed by atoms with Crippen LogP contribution < -0.4 is 5.32 Å². The van der Waals surface area contributed by atoms with Crippen LogP contribution in [0.25, 0.3) is 0 Å². The maximum Gasteiger partial charge on any atom is 0.292 e. The molecule has 0 radical (unpaired) electrons. The molecule has 1 aliphatic rings. The summed E-state index contributed by atoms with van der Waals surface area (Å²) in [5.41, 5.74) is 2.94. The summed E-state index contributed by atoms with van der Waals surface area (Å²) in [5, 5.41) is 14.4. The average molecular weight is 248 g/mol. The third-order valence-electron chi connectivity index (χ3n) is 3.77. The molecule has 0 heterocycles. The lowest BCUT2D eigenvalue weighted by molar-refractivity contribution is -0.384. The molecule has 0 atom stereocenters. The molecular formula is C14H20N2O2. The first-order chi connectivity index (χ1) is 8.58. The number of nitrogens with one attached hydrogen (secondary N) is 1. The molecule has 0 amide bonds. The molecule has 0 bridgehead atoms. The molecule has 0 unspecified atom stereocenters. The Morgan fingerprint density at radius 3 is 2.39 bits per heavy atom. The summed E-state index contributed by atoms with van der Waals surface area (Å²) in [6.45, 7) is 3.90. The van der Waals surface area contributed by atoms with Crippen molar-refractivity contribution in [2.45, 2.75) is 52.0 Å². The molecule has 18 heavy (non-hydrogen) atoms. The van der Waals surface area contributed by atoms with E-state index in [4.69, 9.17) is 0 Å². The van der Waals surface area contributed by atoms with Crippen LogP contribution in [0.1, 0.15) is 43.2 Å². The molecule has 0 saturated heterocycles. The van der Waals surface area contributed by atoms with Crippen molar-refractivity contribution in [1.29, 1.82) is 0 Å². The second-order valence-corrected chi connectivity index (χ2v) is 5.19. The van der Waals surface area contributed by atoms with Crippen LogP contribution in [-0.2, 0) is 0 Å². The number of hydrogen-bond acceptors (Lipinski definition) is 3. The summed E-state index contributed by atoms with van der Waals surface area (Å²) >= 11 is 0. The fourth-order valence-corrected chi connectivity index (χ4v) is 2.53. The fourth-order valence-electron chi connectivity index (χ4n) is 2.53. The van der Waals surface area contributed by atoms with Crippen LogP contribution in [0.15, 0.2) is 12.1 Å². The zero-order chi connectivity index (χ0) is 13.1. The van der Waals surface area contributed by atoms with Gasteiger partial charge in [0.25, 0.3) is 5.69 Å². The third kappa shape index (κ3) is 2.81. The number of benzene rings is 1. The molecule has 98 valence electrons. The topological polar surface area (TPSA) is 55.2 Å². The Hall–Kier alpha value is -1.58. The zero-order valence-electron chi connectivity index (χ0n) is 11.0. The zero-order valence-corrected chi connectivity index (χ0v) is 11.0. The van der Waals surface area contributed by atoms with E-state index in [2.05, 4.69) is 5.32 Å². The third-order valence-corrected chi connectivity index (χ3v) is 3.77. The number of rotatable bonds is 3. The van der Waals surface area contributed by atoms with Gasteiger partial charge >= 0.3 is 0 Å². The van der Waals surface area contributed by atoms with E-state index in [-0.39, 0.29) is 10.6 Å². The first kappa shape index (κ1) is 12.9. The van der Waals surface area contributed by atoms with E-state index in [1.165, 1.54) is 19.3 Å². The summed E-state index contributed by atoms with van der Waals surface area (Å²) in [5.74, 6) is 0. The highest BCUT2D eigenvalue weighted by molar-refractivity contribution is 5.64. The molecule has 0 spiro atoms. The van der Waals surface area contributed by atoms with Crippen LogP contribution in [-0.4, -0.2) is 11.0 Å². The minimum Gasteiger partial charge on any atom is -0.377 e. The van der Waals surface area contributed by atoms with Gasteiger partial charge < -0.3 is 5.32 Å². The summed E-state index contributed by atoms with van der Waals surface area (Å²) in [6, 6.07) is 3.96. The van der Waals surface area contributed by atoms with Crippen molar-refractivity contribution in [3.8, 4) is 0 Å². The fraction of sp³-hybridized carbons (Fsp3) is 0.571. The van der Waals surface area contributed by atoms with Crippen LogP contribution in [0.4, 0.5) is 11.4 Å². The highest BCUT2D eigenvalue weighted by atomic mass is 16.6. The van der Waals surface area contributed by atoms with Gasteiger partial charge in [0.05, 0.1) is 4.92 Å². The van der Waals surface area contributed by atoms with Crippen molar-refractivity contribution in [3.63, 3.8) is 0 Å². The molecule has 1 aromatic carbocycles. The minimum atomic E-state index is -0.294. The maximum absolute atomic E-state index is 11.1. The second-order valence-electron chi connectivity index (χ2n) is 5.19. The van der Waals surface area contributed by atoms with Crippen molar-refractivity contribution in [3.05, 3.63) is 33.4 Å². The standard InChI is InChI=1S/C14H20N2O2/c1-10-8-13(14(16(17)18)9-11(10)2)15-12-6-4-3-5-7-12/h8-9,12,15H,3-7H2,1-2H3. The van der Waals surface area contributed by atoms with Crippen LogP contribution in [0.2, 0.25) is 0 Å². The van der Waals surface area contributed by atoms with Gasteiger partial charge in [0.15, 0.2) is 0 Å². The molecule has 1 aromatic rings. The van der Waals surface area contributed by atoms with Crippen LogP contribution in [0.3, 0.4) is 0 Å². The molecule has 1 saturated carbocycles. The highest BCUT2D eigenvalue weighted by Gasteiger charge is 2.19. The molecule has 4 heteroatoms. The number of anilines is 1. The summed E-state index contributed by atoms with van der Waals surface area (Å²) < 4.78 is 0. The minimum absolute atomic E-state index is 0.198. The van der Waals surface area contributed by atoms with Gasteiger partial charge in [-0.2, -0.15) is 0 Å². The van der Waals surface area contributed by atoms with Gasteiger partial charge in [-0.05, 0) is 43.9 Å². The van der Waals surface area contributed by atoms with E-state index >= 15 is 0 Å². The summed E-state index contributed by atoms with van der Waals surface area (Å²) in [7, 11) is 0. The van der Waals surface area contributed by atoms with E-state index in [1.807, 2.05) is 19.9 Å². The van der Waals surface area contributed by atoms with Crippen molar-refractivity contribution >= 4 is 11.4 Å². The quantitative estimate of drug-likeness (QED) is 0.650. The predicted molar refractivity (Wildman–Crippen MR) is 73.1 cm³/mol. The smallest absolute Gasteiger partial charge is 0.292 e. The van der Waals surface area contributed by atoms with Crippen LogP contribution in [0.5, 0.6) is 0 Å². The van der Waals surface area contributed by atoms with Crippen molar-refractivity contribution < 1.29 is 4.92 Å². The van der Waals surface area contributed by atoms with E-state index in [9.17, 15) is 10.1 Å². The number of nitro benzene ring substituents is 1. The Bertz CT molecular complexity index is 451. The molecule has 1 aliphatic carbocycles. The lowest BCUT2D eigenvalue weighted by Crippen LogP contribution is -2.22. The van der Waals surface area contributed by atoms with E-state index in [1.54, 1.807) is 6.07 Å². The number of aryl methyl sites for hydroxylation is 2. The van der Waals surface area contributed by atoms with Gasteiger partial charge in [-0.15, -0.1) is 0 Å². The Labute approximate surface area is 108 Å². The van der Waals surface area contributed by atoms with Crippen LogP contribution in [0, 0.1) is 24.0 Å². The van der Waals surface area contributed by atoms with Gasteiger partial charge in [0.1, 0.15) is 5.69 Å². The summed E-state index contributed by atoms with van der Waals surface area (Å²) in [4.78, 5) is 10.8. The molecule has 1 N–H and O–H groups in total. The Kier molecular flexibility index (Phi) is 3.84. The first-order valence-corrected chi connectivity index (χ1v) is 6.60. The van der Waals surface area contributed by atoms with Gasteiger partial charge in [-0.3, -0.25) is 10.1 Å². The molecule has 4 nitrogen and oxygen atoms in total. The van der Waals surface area contributed by atoms with Gasteiger partial charge in [0.2, 0.25) is 0 Å².